The van der Waals surface area contributed by atoms with Crippen LogP contribution >= 0.6 is 0 Å². The summed E-state index contributed by atoms with van der Waals surface area (Å²) in [7, 11) is 0. The second-order valence-electron chi connectivity index (χ2n) is 4.99. The average Bonchev–Trinajstić information content (AvgIpc) is 2.39. The minimum Gasteiger partial charge on any atom is -0.323 e. The molecule has 18 heavy (non-hydrogen) atoms. The summed E-state index contributed by atoms with van der Waals surface area (Å²) in [6.07, 6.45) is 3.50. The van der Waals surface area contributed by atoms with E-state index in [0.717, 1.165) is 11.1 Å². The fourth-order valence-electron chi connectivity index (χ4n) is 2.04. The van der Waals surface area contributed by atoms with E-state index >= 15 is 0 Å². The summed E-state index contributed by atoms with van der Waals surface area (Å²) in [5.74, 6) is -0.232. The molecule has 1 atom stereocenters. The van der Waals surface area contributed by atoms with Crippen molar-refractivity contribution in [3.63, 3.8) is 0 Å². The van der Waals surface area contributed by atoms with Crippen molar-refractivity contribution in [3.05, 3.63) is 65.7 Å². The first-order valence-corrected chi connectivity index (χ1v) is 5.93. The number of nitrogens with zero attached hydrogens (tertiary/aromatic N) is 1. The van der Waals surface area contributed by atoms with Gasteiger partial charge >= 0.3 is 0 Å². The zero-order valence-corrected chi connectivity index (χ0v) is 10.6. The number of halogens is 1. The monoisotopic (exact) mass is 244 g/mol. The zero-order chi connectivity index (χ0) is 13.2. The number of hydrogen-bond acceptors (Lipinski definition) is 2. The predicted molar refractivity (Wildman–Crippen MR) is 70.6 cm³/mol. The number of pyridine rings is 1. The zero-order valence-electron chi connectivity index (χ0n) is 10.6. The van der Waals surface area contributed by atoms with Crippen LogP contribution < -0.4 is 5.73 Å². The van der Waals surface area contributed by atoms with Crippen LogP contribution in [0.2, 0.25) is 0 Å². The van der Waals surface area contributed by atoms with E-state index in [1.807, 2.05) is 12.1 Å². The fourth-order valence-corrected chi connectivity index (χ4v) is 2.04. The van der Waals surface area contributed by atoms with Crippen LogP contribution in [0.4, 0.5) is 4.39 Å². The van der Waals surface area contributed by atoms with E-state index in [9.17, 15) is 4.39 Å². The Morgan fingerprint density at radius 2 is 1.83 bits per heavy atom. The molecule has 1 aromatic heterocycles. The van der Waals surface area contributed by atoms with E-state index < -0.39 is 0 Å². The molecular weight excluding hydrogens is 227 g/mol. The Labute approximate surface area is 107 Å². The molecule has 2 N–H and O–H groups in total. The smallest absolute Gasteiger partial charge is 0.123 e. The molecule has 0 aliphatic carbocycles. The molecule has 0 aliphatic heterocycles. The number of aromatic nitrogens is 1. The Balaban J connectivity index is 2.33. The van der Waals surface area contributed by atoms with Gasteiger partial charge in [0, 0.05) is 23.9 Å². The Morgan fingerprint density at radius 1 is 1.17 bits per heavy atom. The van der Waals surface area contributed by atoms with E-state index in [1.54, 1.807) is 24.5 Å². The molecule has 0 radical (unpaired) electrons. The molecule has 0 bridgehead atoms. The molecular formula is C15H17FN2. The first-order valence-electron chi connectivity index (χ1n) is 5.93. The second kappa shape index (κ2) is 4.86. The molecule has 0 saturated heterocycles. The van der Waals surface area contributed by atoms with Gasteiger partial charge in [0.05, 0.1) is 0 Å². The van der Waals surface area contributed by atoms with Crippen molar-refractivity contribution >= 4 is 0 Å². The van der Waals surface area contributed by atoms with Gasteiger partial charge in [0.25, 0.3) is 0 Å². The van der Waals surface area contributed by atoms with Crippen molar-refractivity contribution in [2.24, 2.45) is 5.73 Å². The van der Waals surface area contributed by atoms with Crippen LogP contribution in [0.1, 0.15) is 31.0 Å². The van der Waals surface area contributed by atoms with E-state index in [1.165, 1.54) is 12.1 Å². The number of hydrogen-bond donors (Lipinski definition) is 1. The van der Waals surface area contributed by atoms with E-state index in [2.05, 4.69) is 18.8 Å². The van der Waals surface area contributed by atoms with Crippen molar-refractivity contribution in [2.75, 3.05) is 0 Å². The quantitative estimate of drug-likeness (QED) is 0.900. The molecule has 0 fully saturated rings. The van der Waals surface area contributed by atoms with Crippen LogP contribution in [-0.4, -0.2) is 4.98 Å². The average molecular weight is 244 g/mol. The van der Waals surface area contributed by atoms with Gasteiger partial charge in [-0.1, -0.05) is 32.0 Å². The minimum absolute atomic E-state index is 0.184. The molecule has 0 saturated carbocycles. The van der Waals surface area contributed by atoms with Gasteiger partial charge in [0.15, 0.2) is 0 Å². The third kappa shape index (κ3) is 2.41. The van der Waals surface area contributed by atoms with Gasteiger partial charge in [0.2, 0.25) is 0 Å². The van der Waals surface area contributed by atoms with E-state index in [4.69, 9.17) is 5.73 Å². The lowest BCUT2D eigenvalue weighted by Crippen LogP contribution is -2.33. The highest BCUT2D eigenvalue weighted by Gasteiger charge is 2.29. The third-order valence-electron chi connectivity index (χ3n) is 3.41. The number of nitrogens with two attached hydrogens (primary N) is 1. The summed E-state index contributed by atoms with van der Waals surface area (Å²) in [4.78, 5) is 4.09. The van der Waals surface area contributed by atoms with E-state index in [0.29, 0.717) is 0 Å². The summed E-state index contributed by atoms with van der Waals surface area (Å²) < 4.78 is 13.0. The first-order chi connectivity index (χ1) is 8.51. The highest BCUT2D eigenvalue weighted by molar-refractivity contribution is 5.30. The molecule has 1 aromatic carbocycles. The molecule has 1 heterocycles. The fraction of sp³-hybridized carbons (Fsp3) is 0.267. The highest BCUT2D eigenvalue weighted by atomic mass is 19.1. The van der Waals surface area contributed by atoms with Crippen LogP contribution in [0, 0.1) is 5.82 Å². The Morgan fingerprint density at radius 3 is 2.39 bits per heavy atom. The van der Waals surface area contributed by atoms with Gasteiger partial charge in [0.1, 0.15) is 5.82 Å². The minimum atomic E-state index is -0.281. The summed E-state index contributed by atoms with van der Waals surface area (Å²) in [5.41, 5.74) is 8.02. The lowest BCUT2D eigenvalue weighted by Gasteiger charge is -2.32. The molecule has 0 spiro atoms. The van der Waals surface area contributed by atoms with Crippen molar-refractivity contribution in [1.82, 2.24) is 4.98 Å². The molecule has 94 valence electrons. The highest BCUT2D eigenvalue weighted by Crippen LogP contribution is 2.34. The Bertz CT molecular complexity index is 506. The lowest BCUT2D eigenvalue weighted by atomic mass is 9.76. The molecule has 0 aliphatic rings. The van der Waals surface area contributed by atoms with Crippen LogP contribution in [0.3, 0.4) is 0 Å². The van der Waals surface area contributed by atoms with Crippen molar-refractivity contribution < 1.29 is 4.39 Å². The van der Waals surface area contributed by atoms with Crippen molar-refractivity contribution in [2.45, 2.75) is 25.3 Å². The second-order valence-corrected chi connectivity index (χ2v) is 4.99. The van der Waals surface area contributed by atoms with Crippen molar-refractivity contribution in [1.29, 1.82) is 0 Å². The molecule has 2 nitrogen and oxygen atoms in total. The van der Waals surface area contributed by atoms with Gasteiger partial charge in [-0.05, 0) is 29.3 Å². The topological polar surface area (TPSA) is 38.9 Å². The summed E-state index contributed by atoms with van der Waals surface area (Å²) >= 11 is 0. The van der Waals surface area contributed by atoms with Crippen LogP contribution in [0.15, 0.2) is 48.8 Å². The maximum Gasteiger partial charge on any atom is 0.123 e. The normalized spacial score (nSPS) is 13.3. The first kappa shape index (κ1) is 12.7. The maximum absolute atomic E-state index is 13.0. The molecule has 2 aromatic rings. The largest absolute Gasteiger partial charge is 0.323 e. The predicted octanol–water partition coefficient (Wildman–Crippen LogP) is 3.20. The lowest BCUT2D eigenvalue weighted by molar-refractivity contribution is 0.419. The molecule has 3 heteroatoms. The number of benzene rings is 1. The molecule has 2 rings (SSSR count). The van der Waals surface area contributed by atoms with Crippen molar-refractivity contribution in [3.8, 4) is 0 Å². The van der Waals surface area contributed by atoms with Gasteiger partial charge in [-0.25, -0.2) is 4.39 Å². The summed E-state index contributed by atoms with van der Waals surface area (Å²) in [6, 6.07) is 10.1. The van der Waals surface area contributed by atoms with Crippen LogP contribution in [0.5, 0.6) is 0 Å². The maximum atomic E-state index is 13.0. The van der Waals surface area contributed by atoms with E-state index in [-0.39, 0.29) is 17.3 Å². The Kier molecular flexibility index (Phi) is 3.43. The van der Waals surface area contributed by atoms with Gasteiger partial charge in [-0.15, -0.1) is 0 Å². The molecule has 1 unspecified atom stereocenters. The SMILES string of the molecule is CC(C)(c1ccc(F)cc1)C(N)c1cccnc1. The van der Waals surface area contributed by atoms with Gasteiger partial charge < -0.3 is 5.73 Å². The number of rotatable bonds is 3. The molecule has 0 amide bonds. The van der Waals surface area contributed by atoms with Crippen LogP contribution in [-0.2, 0) is 5.41 Å². The third-order valence-corrected chi connectivity index (χ3v) is 3.41. The Hall–Kier alpha value is -1.74. The summed E-state index contributed by atoms with van der Waals surface area (Å²) in [6.45, 7) is 4.11. The summed E-state index contributed by atoms with van der Waals surface area (Å²) in [5, 5.41) is 0. The van der Waals surface area contributed by atoms with Gasteiger partial charge in [-0.3, -0.25) is 4.98 Å². The standard InChI is InChI=1S/C15H17FN2/c1-15(2,12-5-7-13(16)8-6-12)14(17)11-4-3-9-18-10-11/h3-10,14H,17H2,1-2H3. The van der Waals surface area contributed by atoms with Gasteiger partial charge in [-0.2, -0.15) is 0 Å². The van der Waals surface area contributed by atoms with Crippen LogP contribution in [0.25, 0.3) is 0 Å².